The van der Waals surface area contributed by atoms with Gasteiger partial charge in [0.25, 0.3) is 0 Å². The van der Waals surface area contributed by atoms with Crippen molar-refractivity contribution in [3.8, 4) is 0 Å². The van der Waals surface area contributed by atoms with Crippen LogP contribution in [0.4, 0.5) is 4.79 Å². The van der Waals surface area contributed by atoms with Crippen LogP contribution in [0.25, 0.3) is 0 Å². The van der Waals surface area contributed by atoms with E-state index in [1.165, 1.54) is 0 Å². The van der Waals surface area contributed by atoms with Crippen LogP contribution in [0.2, 0.25) is 0 Å². The molecule has 2 amide bonds. The van der Waals surface area contributed by atoms with Gasteiger partial charge in [-0.15, -0.1) is 10.2 Å². The monoisotopic (exact) mass is 267 g/mol. The Bertz CT molecular complexity index is 496. The number of hydrogen-bond donors (Lipinski definition) is 2. The highest BCUT2D eigenvalue weighted by molar-refractivity contribution is 5.76. The summed E-state index contributed by atoms with van der Waals surface area (Å²) in [5, 5.41) is 19.2. The van der Waals surface area contributed by atoms with E-state index in [0.29, 0.717) is 19.6 Å². The summed E-state index contributed by atoms with van der Waals surface area (Å²) in [6.45, 7) is 4.96. The smallest absolute Gasteiger partial charge is 0.318 e. The third-order valence-electron chi connectivity index (χ3n) is 2.96. The molecule has 0 spiro atoms. The van der Waals surface area contributed by atoms with Gasteiger partial charge in [0, 0.05) is 18.6 Å². The summed E-state index contributed by atoms with van der Waals surface area (Å²) in [7, 11) is 0. The lowest BCUT2D eigenvalue weighted by molar-refractivity contribution is -0.138. The maximum atomic E-state index is 12.1. The highest BCUT2D eigenvalue weighted by atomic mass is 16.4. The molecule has 0 atom stereocenters. The van der Waals surface area contributed by atoms with Crippen molar-refractivity contribution in [1.82, 2.24) is 25.0 Å². The summed E-state index contributed by atoms with van der Waals surface area (Å²) in [6.07, 6.45) is 1.52. The molecule has 0 aromatic carbocycles. The van der Waals surface area contributed by atoms with E-state index in [2.05, 4.69) is 15.5 Å². The molecule has 0 radical (unpaired) electrons. The van der Waals surface area contributed by atoms with Crippen LogP contribution < -0.4 is 5.32 Å². The maximum absolute atomic E-state index is 12.1. The summed E-state index contributed by atoms with van der Waals surface area (Å²) < 4.78 is 1.90. The molecule has 104 valence electrons. The van der Waals surface area contributed by atoms with E-state index < -0.39 is 11.5 Å². The number of nitrogens with zero attached hydrogens (tertiary/aromatic N) is 4. The van der Waals surface area contributed by atoms with Crippen molar-refractivity contribution >= 4 is 12.0 Å². The van der Waals surface area contributed by atoms with Gasteiger partial charge in [-0.25, -0.2) is 4.79 Å². The van der Waals surface area contributed by atoms with Crippen LogP contribution in [-0.2, 0) is 17.9 Å². The molecular weight excluding hydrogens is 250 g/mol. The summed E-state index contributed by atoms with van der Waals surface area (Å²) >= 11 is 0. The number of carbonyl (C=O) groups is 2. The minimum atomic E-state index is -0.941. The van der Waals surface area contributed by atoms with E-state index in [0.717, 1.165) is 5.82 Å². The quantitative estimate of drug-likeness (QED) is 0.806. The second-order valence-electron chi connectivity index (χ2n) is 5.25. The van der Waals surface area contributed by atoms with Crippen molar-refractivity contribution in [2.75, 3.05) is 6.54 Å². The molecule has 0 saturated carbocycles. The minimum Gasteiger partial charge on any atom is -0.481 e. The number of hydrogen-bond acceptors (Lipinski definition) is 4. The predicted molar refractivity (Wildman–Crippen MR) is 65.3 cm³/mol. The van der Waals surface area contributed by atoms with Crippen molar-refractivity contribution in [1.29, 1.82) is 0 Å². The number of carboxylic acid groups (broad SMARTS) is 1. The van der Waals surface area contributed by atoms with Gasteiger partial charge in [-0.1, -0.05) is 0 Å². The van der Waals surface area contributed by atoms with Crippen LogP contribution in [-0.4, -0.2) is 48.9 Å². The number of rotatable bonds is 3. The van der Waals surface area contributed by atoms with Crippen LogP contribution in [0.3, 0.4) is 0 Å². The van der Waals surface area contributed by atoms with E-state index in [1.807, 2.05) is 4.57 Å². The van der Waals surface area contributed by atoms with Crippen molar-refractivity contribution in [2.24, 2.45) is 0 Å². The van der Waals surface area contributed by atoms with Gasteiger partial charge in [0.1, 0.15) is 6.33 Å². The van der Waals surface area contributed by atoms with Gasteiger partial charge in [0.05, 0.1) is 13.0 Å². The average molecular weight is 267 g/mol. The largest absolute Gasteiger partial charge is 0.481 e. The highest BCUT2D eigenvalue weighted by Gasteiger charge is 2.28. The van der Waals surface area contributed by atoms with Crippen LogP contribution in [0.1, 0.15) is 26.1 Å². The second-order valence-corrected chi connectivity index (χ2v) is 5.25. The van der Waals surface area contributed by atoms with Crippen molar-refractivity contribution in [3.63, 3.8) is 0 Å². The first kappa shape index (κ1) is 13.3. The molecule has 0 saturated heterocycles. The fraction of sp³-hybridized carbons (Fsp3) is 0.636. The van der Waals surface area contributed by atoms with Crippen molar-refractivity contribution in [3.05, 3.63) is 12.2 Å². The Hall–Kier alpha value is -2.12. The molecular formula is C11H17N5O3. The lowest BCUT2D eigenvalue weighted by Crippen LogP contribution is -2.52. The summed E-state index contributed by atoms with van der Waals surface area (Å²) in [5.41, 5.74) is -0.784. The molecule has 0 bridgehead atoms. The molecule has 0 fully saturated rings. The molecule has 2 N–H and O–H groups in total. The zero-order chi connectivity index (χ0) is 14.0. The number of amides is 2. The highest BCUT2D eigenvalue weighted by Crippen LogP contribution is 2.13. The molecule has 0 unspecified atom stereocenters. The standard InChI is InChI=1S/C11H17N5O3/c1-11(2,5-9(17)18)13-10(19)15-3-4-16-7-12-14-8(16)6-15/h7H,3-6H2,1-2H3,(H,13,19)(H,17,18). The van der Waals surface area contributed by atoms with E-state index in [4.69, 9.17) is 5.11 Å². The Morgan fingerprint density at radius 2 is 2.21 bits per heavy atom. The van der Waals surface area contributed by atoms with Crippen molar-refractivity contribution in [2.45, 2.75) is 38.9 Å². The number of urea groups is 1. The van der Waals surface area contributed by atoms with Crippen LogP contribution in [0.15, 0.2) is 6.33 Å². The normalized spacial score (nSPS) is 14.9. The Balaban J connectivity index is 1.96. The lowest BCUT2D eigenvalue weighted by atomic mass is 10.0. The van der Waals surface area contributed by atoms with Crippen molar-refractivity contribution < 1.29 is 14.7 Å². The average Bonchev–Trinajstić information content (AvgIpc) is 2.72. The van der Waals surface area contributed by atoms with E-state index >= 15 is 0 Å². The minimum absolute atomic E-state index is 0.122. The zero-order valence-corrected chi connectivity index (χ0v) is 11.0. The summed E-state index contributed by atoms with van der Waals surface area (Å²) in [6, 6.07) is -0.277. The van der Waals surface area contributed by atoms with Crippen LogP contribution in [0.5, 0.6) is 0 Å². The zero-order valence-electron chi connectivity index (χ0n) is 11.0. The molecule has 1 aromatic rings. The Morgan fingerprint density at radius 1 is 1.47 bits per heavy atom. The van der Waals surface area contributed by atoms with E-state index in [1.54, 1.807) is 25.1 Å². The maximum Gasteiger partial charge on any atom is 0.318 e. The Morgan fingerprint density at radius 3 is 2.89 bits per heavy atom. The SMILES string of the molecule is CC(C)(CC(=O)O)NC(=O)N1CCn2cnnc2C1. The molecule has 0 aliphatic carbocycles. The van der Waals surface area contributed by atoms with E-state index in [-0.39, 0.29) is 12.5 Å². The molecule has 19 heavy (non-hydrogen) atoms. The second kappa shape index (κ2) is 4.87. The number of nitrogens with one attached hydrogen (secondary N) is 1. The molecule has 2 rings (SSSR count). The summed E-state index contributed by atoms with van der Waals surface area (Å²) in [5.74, 6) is -0.207. The number of aromatic nitrogens is 3. The lowest BCUT2D eigenvalue weighted by Gasteiger charge is -2.32. The van der Waals surface area contributed by atoms with Crippen LogP contribution in [0, 0.1) is 0 Å². The molecule has 1 aromatic heterocycles. The Labute approximate surface area is 110 Å². The third-order valence-corrected chi connectivity index (χ3v) is 2.96. The Kier molecular flexibility index (Phi) is 3.41. The van der Waals surface area contributed by atoms with Crippen LogP contribution >= 0.6 is 0 Å². The molecule has 1 aliphatic rings. The third kappa shape index (κ3) is 3.21. The van der Waals surface area contributed by atoms with Gasteiger partial charge in [-0.2, -0.15) is 0 Å². The molecule has 8 nitrogen and oxygen atoms in total. The predicted octanol–water partition coefficient (Wildman–Crippen LogP) is 0.0566. The number of carboxylic acids is 1. The molecule has 1 aliphatic heterocycles. The van der Waals surface area contributed by atoms with Gasteiger partial charge in [-0.3, -0.25) is 4.79 Å². The van der Waals surface area contributed by atoms with Gasteiger partial charge >= 0.3 is 12.0 Å². The first-order valence-electron chi connectivity index (χ1n) is 6.03. The fourth-order valence-corrected chi connectivity index (χ4v) is 2.03. The topological polar surface area (TPSA) is 100 Å². The number of aliphatic carboxylic acids is 1. The fourth-order valence-electron chi connectivity index (χ4n) is 2.03. The summed E-state index contributed by atoms with van der Waals surface area (Å²) in [4.78, 5) is 24.4. The van der Waals surface area contributed by atoms with Gasteiger partial charge in [0.15, 0.2) is 5.82 Å². The molecule has 8 heteroatoms. The first-order chi connectivity index (χ1) is 8.87. The number of carbonyl (C=O) groups excluding carboxylic acids is 1. The van der Waals surface area contributed by atoms with Gasteiger partial charge in [0.2, 0.25) is 0 Å². The molecule has 2 heterocycles. The first-order valence-corrected chi connectivity index (χ1v) is 6.03. The van der Waals surface area contributed by atoms with Gasteiger partial charge < -0.3 is 19.9 Å². The number of fused-ring (bicyclic) bond motifs is 1. The van der Waals surface area contributed by atoms with E-state index in [9.17, 15) is 9.59 Å². The van der Waals surface area contributed by atoms with Gasteiger partial charge in [-0.05, 0) is 13.8 Å².